The Morgan fingerprint density at radius 3 is 1.02 bits per heavy atom. The maximum Gasteiger partial charge on any atom is 0.238 e. The van der Waals surface area contributed by atoms with Crippen molar-refractivity contribution in [3.05, 3.63) is 182 Å². The van der Waals surface area contributed by atoms with Gasteiger partial charge in [-0.3, -0.25) is 9.13 Å². The maximum atomic E-state index is 5.23. The summed E-state index contributed by atoms with van der Waals surface area (Å²) in [7, 11) is 0. The van der Waals surface area contributed by atoms with Crippen molar-refractivity contribution < 1.29 is 0 Å². The highest BCUT2D eigenvalue weighted by Gasteiger charge is 2.24. The lowest BCUT2D eigenvalue weighted by molar-refractivity contribution is 0.948. The standard InChI is InChI=1S/C48H30N8/c1-5-17-31(18-6-1)43-49-44(32-19-7-2-8-20-32)52-47(51-43)55-37-27-14-13-25-35(37)36-26-15-28-38-41(36)42-39(55)29-16-30-40(42)56(38)48-53-45(33-21-9-3-10-22-33)50-46(54-48)34-23-11-4-12-24-34/h1-30H. The van der Waals surface area contributed by atoms with Crippen LogP contribution in [0.2, 0.25) is 0 Å². The second-order valence-corrected chi connectivity index (χ2v) is 13.6. The third-order valence-electron chi connectivity index (χ3n) is 10.2. The Balaban J connectivity index is 1.27. The number of benzene rings is 7. The summed E-state index contributed by atoms with van der Waals surface area (Å²) in [5, 5.41) is 4.29. The van der Waals surface area contributed by atoms with Gasteiger partial charge >= 0.3 is 0 Å². The lowest BCUT2D eigenvalue weighted by atomic mass is 10.1. The van der Waals surface area contributed by atoms with Crippen molar-refractivity contribution in [3.63, 3.8) is 0 Å². The lowest BCUT2D eigenvalue weighted by Crippen LogP contribution is -2.08. The first-order valence-electron chi connectivity index (χ1n) is 18.5. The summed E-state index contributed by atoms with van der Waals surface area (Å²) >= 11 is 0. The van der Waals surface area contributed by atoms with Gasteiger partial charge in [0, 0.05) is 38.4 Å². The summed E-state index contributed by atoms with van der Waals surface area (Å²) < 4.78 is 4.35. The van der Waals surface area contributed by atoms with Crippen LogP contribution in [0.3, 0.4) is 0 Å². The predicted molar refractivity (Wildman–Crippen MR) is 224 cm³/mol. The van der Waals surface area contributed by atoms with Gasteiger partial charge in [-0.25, -0.2) is 9.97 Å². The second kappa shape index (κ2) is 12.9. The second-order valence-electron chi connectivity index (χ2n) is 13.6. The van der Waals surface area contributed by atoms with Crippen molar-refractivity contribution in [3.8, 4) is 57.4 Å². The molecule has 8 nitrogen and oxygen atoms in total. The monoisotopic (exact) mass is 718 g/mol. The molecule has 4 aromatic heterocycles. The van der Waals surface area contributed by atoms with Gasteiger partial charge in [0.25, 0.3) is 0 Å². The smallest absolute Gasteiger partial charge is 0.238 e. The van der Waals surface area contributed by atoms with E-state index >= 15 is 0 Å². The fraction of sp³-hybridized carbons (Fsp3) is 0. The van der Waals surface area contributed by atoms with Crippen LogP contribution in [0.5, 0.6) is 0 Å². The Kier molecular flexibility index (Phi) is 7.31. The minimum atomic E-state index is 0.518. The van der Waals surface area contributed by atoms with Gasteiger partial charge in [0.15, 0.2) is 23.3 Å². The van der Waals surface area contributed by atoms with E-state index in [9.17, 15) is 0 Å². The van der Waals surface area contributed by atoms with Gasteiger partial charge in [-0.1, -0.05) is 158 Å². The molecule has 56 heavy (non-hydrogen) atoms. The van der Waals surface area contributed by atoms with Gasteiger partial charge in [0.1, 0.15) is 0 Å². The van der Waals surface area contributed by atoms with Gasteiger partial charge in [0.05, 0.1) is 22.1 Å². The zero-order chi connectivity index (χ0) is 37.0. The maximum absolute atomic E-state index is 5.23. The zero-order valence-corrected chi connectivity index (χ0v) is 29.9. The molecule has 0 unspecified atom stereocenters. The van der Waals surface area contributed by atoms with Crippen LogP contribution >= 0.6 is 0 Å². The van der Waals surface area contributed by atoms with Crippen LogP contribution in [0.15, 0.2) is 182 Å². The van der Waals surface area contributed by atoms with Gasteiger partial charge < -0.3 is 0 Å². The van der Waals surface area contributed by atoms with Gasteiger partial charge in [-0.15, -0.1) is 0 Å². The molecule has 0 saturated carbocycles. The Bertz CT molecular complexity index is 3110. The van der Waals surface area contributed by atoms with Crippen LogP contribution in [-0.4, -0.2) is 39.0 Å². The number of nitrogens with zero attached hydrogens (tertiary/aromatic N) is 8. The van der Waals surface area contributed by atoms with E-state index in [2.05, 4.69) is 69.8 Å². The first-order chi connectivity index (χ1) is 27.8. The zero-order valence-electron chi connectivity index (χ0n) is 29.9. The van der Waals surface area contributed by atoms with E-state index < -0.39 is 0 Å². The third kappa shape index (κ3) is 5.15. The molecule has 4 heterocycles. The predicted octanol–water partition coefficient (Wildman–Crippen LogP) is 10.9. The van der Waals surface area contributed by atoms with E-state index in [1.165, 1.54) is 0 Å². The number of fused-ring (bicyclic) bond motifs is 2. The average molecular weight is 719 g/mol. The summed E-state index contributed by atoms with van der Waals surface area (Å²) in [6, 6.07) is 61.6. The molecule has 262 valence electrons. The van der Waals surface area contributed by atoms with Crippen molar-refractivity contribution in [1.29, 1.82) is 0 Å². The minimum Gasteiger partial charge on any atom is -0.278 e. The molecule has 0 bridgehead atoms. The lowest BCUT2D eigenvalue weighted by Gasteiger charge is -2.14. The van der Waals surface area contributed by atoms with Crippen LogP contribution in [0.4, 0.5) is 0 Å². The van der Waals surface area contributed by atoms with Gasteiger partial charge in [0.2, 0.25) is 11.9 Å². The summed E-state index contributed by atoms with van der Waals surface area (Å²) in [6.45, 7) is 0. The molecule has 0 saturated heterocycles. The summed E-state index contributed by atoms with van der Waals surface area (Å²) in [6.07, 6.45) is 0. The molecular formula is C48H30N8. The molecular weight excluding hydrogens is 689 g/mol. The topological polar surface area (TPSA) is 87.2 Å². The van der Waals surface area contributed by atoms with E-state index in [1.54, 1.807) is 0 Å². The van der Waals surface area contributed by atoms with E-state index in [4.69, 9.17) is 29.9 Å². The molecule has 0 atom stereocenters. The average Bonchev–Trinajstić information content (AvgIpc) is 3.56. The summed E-state index contributed by atoms with van der Waals surface area (Å²) in [5.74, 6) is 3.44. The first-order valence-corrected chi connectivity index (χ1v) is 18.5. The number of para-hydroxylation sites is 1. The molecule has 0 radical (unpaired) electrons. The van der Waals surface area contributed by atoms with Gasteiger partial charge in [-0.2, -0.15) is 19.9 Å². The fourth-order valence-corrected chi connectivity index (χ4v) is 7.75. The molecule has 11 aromatic rings. The fourth-order valence-electron chi connectivity index (χ4n) is 7.75. The van der Waals surface area contributed by atoms with Crippen LogP contribution < -0.4 is 0 Å². The van der Waals surface area contributed by atoms with Crippen molar-refractivity contribution in [2.45, 2.75) is 0 Å². The normalized spacial score (nSPS) is 11.6. The number of rotatable bonds is 6. The largest absolute Gasteiger partial charge is 0.278 e. The molecule has 7 aromatic carbocycles. The molecule has 0 aliphatic heterocycles. The molecule has 8 heteroatoms. The van der Waals surface area contributed by atoms with E-state index in [0.29, 0.717) is 35.2 Å². The number of hydrogen-bond acceptors (Lipinski definition) is 6. The van der Waals surface area contributed by atoms with E-state index in [-0.39, 0.29) is 0 Å². The van der Waals surface area contributed by atoms with Gasteiger partial charge in [-0.05, 0) is 29.7 Å². The Hall–Kier alpha value is -7.84. The quantitative estimate of drug-likeness (QED) is 0.170. The van der Waals surface area contributed by atoms with Crippen molar-refractivity contribution in [1.82, 2.24) is 39.0 Å². The van der Waals surface area contributed by atoms with Crippen molar-refractivity contribution >= 4 is 43.6 Å². The van der Waals surface area contributed by atoms with Crippen LogP contribution in [0.1, 0.15) is 0 Å². The highest BCUT2D eigenvalue weighted by molar-refractivity contribution is 6.27. The molecule has 0 spiro atoms. The van der Waals surface area contributed by atoms with E-state index in [1.807, 2.05) is 121 Å². The Morgan fingerprint density at radius 2 is 0.571 bits per heavy atom. The molecule has 0 amide bonds. The first kappa shape index (κ1) is 31.7. The molecule has 0 N–H and O–H groups in total. The molecule has 0 fully saturated rings. The Labute approximate surface area is 321 Å². The molecule has 0 aliphatic carbocycles. The Morgan fingerprint density at radius 1 is 0.250 bits per heavy atom. The van der Waals surface area contributed by atoms with Crippen molar-refractivity contribution in [2.24, 2.45) is 0 Å². The highest BCUT2D eigenvalue weighted by atomic mass is 15.2. The van der Waals surface area contributed by atoms with E-state index in [0.717, 1.165) is 65.9 Å². The molecule has 0 aliphatic rings. The van der Waals surface area contributed by atoms with Crippen molar-refractivity contribution in [2.75, 3.05) is 0 Å². The van der Waals surface area contributed by atoms with Crippen LogP contribution in [0, 0.1) is 0 Å². The minimum absolute atomic E-state index is 0.518. The third-order valence-corrected chi connectivity index (χ3v) is 10.2. The summed E-state index contributed by atoms with van der Waals surface area (Å²) in [5.41, 5.74) is 7.48. The number of hydrogen-bond donors (Lipinski definition) is 0. The highest BCUT2D eigenvalue weighted by Crippen LogP contribution is 2.41. The summed E-state index contributed by atoms with van der Waals surface area (Å²) in [4.78, 5) is 30.8. The SMILES string of the molecule is c1ccc(-c2nc(-c3ccccc3)nc(-n3c4ccccc4c4cccc5c4c4c3cccc4n5-c3nc(-c4ccccc4)nc(-c4ccccc4)n3)n2)cc1. The molecule has 11 rings (SSSR count). The van der Waals surface area contributed by atoms with Crippen LogP contribution in [0.25, 0.3) is 101 Å². The number of aromatic nitrogens is 8. The van der Waals surface area contributed by atoms with Crippen LogP contribution in [-0.2, 0) is 0 Å².